The van der Waals surface area contributed by atoms with E-state index >= 15 is 0 Å². The summed E-state index contributed by atoms with van der Waals surface area (Å²) in [7, 11) is 1.30. The van der Waals surface area contributed by atoms with Crippen molar-refractivity contribution in [2.24, 2.45) is 0 Å². The van der Waals surface area contributed by atoms with E-state index in [2.05, 4.69) is 11.3 Å². The Kier molecular flexibility index (Phi) is 4.09. The number of ether oxygens (including phenoxy) is 1. The van der Waals surface area contributed by atoms with Crippen molar-refractivity contribution in [3.05, 3.63) is 24.4 Å². The van der Waals surface area contributed by atoms with Crippen molar-refractivity contribution in [3.8, 4) is 0 Å². The Hall–Kier alpha value is -1.58. The molecule has 0 aromatic rings. The van der Waals surface area contributed by atoms with Crippen LogP contribution in [-0.4, -0.2) is 30.4 Å². The molecule has 0 fully saturated rings. The number of nitrogens with zero attached hydrogens (tertiary/aromatic N) is 1. The quantitative estimate of drug-likeness (QED) is 0.667. The summed E-state index contributed by atoms with van der Waals surface area (Å²) in [6.07, 6.45) is 5.01. The van der Waals surface area contributed by atoms with Gasteiger partial charge >= 0.3 is 6.09 Å². The second kappa shape index (κ2) is 5.34. The Morgan fingerprint density at radius 1 is 1.73 bits per heavy atom. The van der Waals surface area contributed by atoms with E-state index in [1.165, 1.54) is 12.0 Å². The van der Waals surface area contributed by atoms with Crippen molar-refractivity contribution in [2.75, 3.05) is 13.7 Å². The van der Waals surface area contributed by atoms with Crippen LogP contribution in [-0.2, 0) is 9.53 Å². The van der Waals surface area contributed by atoms with Gasteiger partial charge in [-0.05, 0) is 12.8 Å². The molecular formula is C11H15NO3. The minimum Gasteiger partial charge on any atom is -0.452 e. The van der Waals surface area contributed by atoms with E-state index in [1.54, 1.807) is 12.2 Å². The Labute approximate surface area is 89.2 Å². The fourth-order valence-corrected chi connectivity index (χ4v) is 1.51. The second-order valence-corrected chi connectivity index (χ2v) is 3.27. The molecule has 1 rings (SSSR count). The molecule has 0 aromatic carbocycles. The molecule has 0 aromatic heterocycles. The summed E-state index contributed by atoms with van der Waals surface area (Å²) in [5.41, 5.74) is 0.438. The molecule has 1 aliphatic carbocycles. The third kappa shape index (κ3) is 2.68. The van der Waals surface area contributed by atoms with Gasteiger partial charge in [0.1, 0.15) is 0 Å². The van der Waals surface area contributed by atoms with Crippen molar-refractivity contribution in [3.63, 3.8) is 0 Å². The molecular weight excluding hydrogens is 194 g/mol. The lowest BCUT2D eigenvalue weighted by atomic mass is 10.0. The molecule has 0 aliphatic heterocycles. The van der Waals surface area contributed by atoms with Crippen molar-refractivity contribution < 1.29 is 14.3 Å². The fraction of sp³-hybridized carbons (Fsp3) is 0.455. The molecule has 0 saturated heterocycles. The first-order chi connectivity index (χ1) is 7.20. The first kappa shape index (κ1) is 11.5. The lowest BCUT2D eigenvalue weighted by Gasteiger charge is -2.23. The number of amides is 1. The summed E-state index contributed by atoms with van der Waals surface area (Å²) in [4.78, 5) is 24.3. The van der Waals surface area contributed by atoms with Crippen molar-refractivity contribution in [1.29, 1.82) is 0 Å². The van der Waals surface area contributed by atoms with E-state index in [1.807, 2.05) is 0 Å². The topological polar surface area (TPSA) is 46.6 Å². The molecule has 1 amide bonds. The Morgan fingerprint density at radius 2 is 2.47 bits per heavy atom. The van der Waals surface area contributed by atoms with Gasteiger partial charge in [-0.3, -0.25) is 9.69 Å². The van der Waals surface area contributed by atoms with Crippen LogP contribution in [0.5, 0.6) is 0 Å². The highest BCUT2D eigenvalue weighted by Crippen LogP contribution is 2.18. The summed E-state index contributed by atoms with van der Waals surface area (Å²) in [6, 6.07) is 0. The highest BCUT2D eigenvalue weighted by Gasteiger charge is 2.24. The number of rotatable bonds is 3. The summed E-state index contributed by atoms with van der Waals surface area (Å²) in [5, 5.41) is 0. The van der Waals surface area contributed by atoms with Crippen LogP contribution in [0.2, 0.25) is 0 Å². The van der Waals surface area contributed by atoms with E-state index in [0.717, 1.165) is 12.8 Å². The third-order valence-electron chi connectivity index (χ3n) is 2.23. The SMILES string of the molecule is C=CCN(C(=O)OC)C1=CCCCC1=O. The Balaban J connectivity index is 2.87. The summed E-state index contributed by atoms with van der Waals surface area (Å²) in [5.74, 6) is -0.00602. The van der Waals surface area contributed by atoms with Gasteiger partial charge in [0.2, 0.25) is 0 Å². The minimum absolute atomic E-state index is 0.00602. The van der Waals surface area contributed by atoms with Gasteiger partial charge in [0.05, 0.1) is 12.8 Å². The third-order valence-corrected chi connectivity index (χ3v) is 2.23. The van der Waals surface area contributed by atoms with E-state index in [4.69, 9.17) is 0 Å². The molecule has 0 atom stereocenters. The van der Waals surface area contributed by atoms with Gasteiger partial charge < -0.3 is 4.74 Å². The zero-order valence-electron chi connectivity index (χ0n) is 8.86. The predicted octanol–water partition coefficient (Wildman–Crippen LogP) is 1.88. The molecule has 0 saturated carbocycles. The van der Waals surface area contributed by atoms with Crippen LogP contribution in [0.25, 0.3) is 0 Å². The first-order valence-electron chi connectivity index (χ1n) is 4.90. The maximum atomic E-state index is 11.6. The molecule has 0 heterocycles. The van der Waals surface area contributed by atoms with E-state index in [-0.39, 0.29) is 5.78 Å². The van der Waals surface area contributed by atoms with Crippen LogP contribution >= 0.6 is 0 Å². The van der Waals surface area contributed by atoms with Crippen molar-refractivity contribution in [2.45, 2.75) is 19.3 Å². The van der Waals surface area contributed by atoms with E-state index in [9.17, 15) is 9.59 Å². The standard InChI is InChI=1S/C11H15NO3/c1-3-8-12(11(14)15-2)9-6-4-5-7-10(9)13/h3,6H,1,4-5,7-8H2,2H3. The molecule has 4 nitrogen and oxygen atoms in total. The van der Waals surface area contributed by atoms with E-state index in [0.29, 0.717) is 18.7 Å². The number of allylic oxidation sites excluding steroid dienone is 2. The van der Waals surface area contributed by atoms with Crippen molar-refractivity contribution >= 4 is 11.9 Å². The molecule has 0 N–H and O–H groups in total. The molecule has 15 heavy (non-hydrogen) atoms. The molecule has 1 aliphatic rings. The monoisotopic (exact) mass is 209 g/mol. The normalized spacial score (nSPS) is 15.5. The zero-order valence-corrected chi connectivity index (χ0v) is 8.86. The average molecular weight is 209 g/mol. The first-order valence-corrected chi connectivity index (χ1v) is 4.90. The maximum Gasteiger partial charge on any atom is 0.414 e. The molecule has 4 heteroatoms. The van der Waals surface area contributed by atoms with Crippen LogP contribution in [0.1, 0.15) is 19.3 Å². The molecule has 82 valence electrons. The number of methoxy groups -OCH3 is 1. The van der Waals surface area contributed by atoms with Gasteiger partial charge in [-0.25, -0.2) is 4.79 Å². The molecule has 0 unspecified atom stereocenters. The second-order valence-electron chi connectivity index (χ2n) is 3.27. The van der Waals surface area contributed by atoms with Gasteiger partial charge in [-0.1, -0.05) is 12.2 Å². The number of carbonyl (C=O) groups excluding carboxylic acids is 2. The molecule has 0 radical (unpaired) electrons. The van der Waals surface area contributed by atoms with Gasteiger partial charge in [-0.2, -0.15) is 0 Å². The highest BCUT2D eigenvalue weighted by molar-refractivity contribution is 5.98. The number of hydrogen-bond acceptors (Lipinski definition) is 3. The van der Waals surface area contributed by atoms with Crippen LogP contribution in [0.3, 0.4) is 0 Å². The molecule has 0 spiro atoms. The van der Waals surface area contributed by atoms with Gasteiger partial charge in [0.25, 0.3) is 0 Å². The lowest BCUT2D eigenvalue weighted by Crippen LogP contribution is -2.34. The smallest absolute Gasteiger partial charge is 0.414 e. The summed E-state index contributed by atoms with van der Waals surface area (Å²) in [6.45, 7) is 3.84. The number of carbonyl (C=O) groups is 2. The van der Waals surface area contributed by atoms with Gasteiger partial charge in [0.15, 0.2) is 5.78 Å². The summed E-state index contributed by atoms with van der Waals surface area (Å²) >= 11 is 0. The van der Waals surface area contributed by atoms with Gasteiger partial charge in [-0.15, -0.1) is 6.58 Å². The van der Waals surface area contributed by atoms with Crippen LogP contribution in [0.4, 0.5) is 4.79 Å². The maximum absolute atomic E-state index is 11.6. The summed E-state index contributed by atoms with van der Waals surface area (Å²) < 4.78 is 4.61. The number of ketones is 1. The van der Waals surface area contributed by atoms with Crippen LogP contribution in [0, 0.1) is 0 Å². The predicted molar refractivity (Wildman–Crippen MR) is 56.2 cm³/mol. The minimum atomic E-state index is -0.517. The van der Waals surface area contributed by atoms with Crippen LogP contribution in [0.15, 0.2) is 24.4 Å². The lowest BCUT2D eigenvalue weighted by molar-refractivity contribution is -0.117. The van der Waals surface area contributed by atoms with Gasteiger partial charge in [0, 0.05) is 13.0 Å². The Bertz CT molecular complexity index is 307. The largest absolute Gasteiger partial charge is 0.452 e. The Morgan fingerprint density at radius 3 is 3.00 bits per heavy atom. The van der Waals surface area contributed by atoms with Crippen molar-refractivity contribution in [1.82, 2.24) is 4.90 Å². The van der Waals surface area contributed by atoms with Crippen LogP contribution < -0.4 is 0 Å². The molecule has 0 bridgehead atoms. The average Bonchev–Trinajstić information content (AvgIpc) is 2.26. The number of hydrogen-bond donors (Lipinski definition) is 0. The fourth-order valence-electron chi connectivity index (χ4n) is 1.51. The zero-order chi connectivity index (χ0) is 11.3. The highest BCUT2D eigenvalue weighted by atomic mass is 16.5. The van der Waals surface area contributed by atoms with E-state index < -0.39 is 6.09 Å². The number of Topliss-reactive ketones (excluding diaryl/α,β-unsaturated/α-hetero) is 1.